The van der Waals surface area contributed by atoms with Crippen molar-refractivity contribution in [2.75, 3.05) is 58.8 Å². The van der Waals surface area contributed by atoms with E-state index in [4.69, 9.17) is 17.4 Å². The lowest BCUT2D eigenvalue weighted by atomic mass is 9.81. The molecule has 82 heavy (non-hydrogen) atoms. The highest BCUT2D eigenvalue weighted by Gasteiger charge is 2.32. The van der Waals surface area contributed by atoms with Crippen LogP contribution in [0, 0.1) is 12.3 Å². The summed E-state index contributed by atoms with van der Waals surface area (Å²) < 4.78 is 2.11. The molecule has 2 aliphatic rings. The first-order chi connectivity index (χ1) is 39.6. The van der Waals surface area contributed by atoms with Crippen molar-refractivity contribution < 1.29 is 9.90 Å². The third-order valence-electron chi connectivity index (χ3n) is 15.4. The number of aryl methyl sites for hydroxylation is 3. The summed E-state index contributed by atoms with van der Waals surface area (Å²) in [5.74, 6) is 6.40. The second-order valence-corrected chi connectivity index (χ2v) is 22.4. The van der Waals surface area contributed by atoms with E-state index in [2.05, 4.69) is 178 Å². The number of carbonyl (C=O) groups excluding carboxylic acids is 1. The topological polar surface area (TPSA) is 160 Å². The molecule has 0 spiro atoms. The van der Waals surface area contributed by atoms with Crippen molar-refractivity contribution in [2.24, 2.45) is 28.3 Å². The number of nitrogens with zero attached hydrogens (tertiary/aromatic N) is 5. The van der Waals surface area contributed by atoms with Crippen molar-refractivity contribution in [3.8, 4) is 11.1 Å². The second kappa shape index (κ2) is 34.8. The highest BCUT2D eigenvalue weighted by atomic mass is 35.5. The second-order valence-electron chi connectivity index (χ2n) is 22.0. The minimum atomic E-state index is -0.742. The van der Waals surface area contributed by atoms with Crippen LogP contribution in [0.1, 0.15) is 121 Å². The van der Waals surface area contributed by atoms with Crippen molar-refractivity contribution in [1.82, 2.24) is 35.7 Å². The molecule has 1 atom stereocenters. The predicted octanol–water partition coefficient (Wildman–Crippen LogP) is 14.1. The van der Waals surface area contributed by atoms with Gasteiger partial charge in [-0.1, -0.05) is 138 Å². The smallest absolute Gasteiger partial charge is 0.212 e. The molecule has 0 bridgehead atoms. The number of hydrogen-bond acceptors (Lipinski definition) is 11. The molecule has 1 saturated heterocycles. The zero-order valence-corrected chi connectivity index (χ0v) is 51.2. The van der Waals surface area contributed by atoms with Crippen molar-refractivity contribution in [2.45, 2.75) is 123 Å². The zero-order valence-electron chi connectivity index (χ0n) is 50.4. The van der Waals surface area contributed by atoms with Gasteiger partial charge in [0.25, 0.3) is 0 Å². The number of aliphatic imine (C=N–C) groups is 2. The number of amides is 1. The minimum Gasteiger partial charge on any atom is -0.390 e. The van der Waals surface area contributed by atoms with E-state index in [1.54, 1.807) is 12.1 Å². The fourth-order valence-corrected chi connectivity index (χ4v) is 10.6. The number of likely N-dealkylation sites (N-methyl/N-ethyl adjacent to an activating group) is 1. The molecule has 1 unspecified atom stereocenters. The fourth-order valence-electron chi connectivity index (χ4n) is 10.4. The normalized spacial score (nSPS) is 16.0. The van der Waals surface area contributed by atoms with E-state index in [0.29, 0.717) is 24.3 Å². The van der Waals surface area contributed by atoms with Gasteiger partial charge in [-0.3, -0.25) is 9.79 Å². The molecule has 0 radical (unpaired) electrons. The molecule has 442 valence electrons. The summed E-state index contributed by atoms with van der Waals surface area (Å²) in [7, 11) is 5.94. The van der Waals surface area contributed by atoms with Gasteiger partial charge >= 0.3 is 0 Å². The Bertz CT molecular complexity index is 2930. The van der Waals surface area contributed by atoms with Gasteiger partial charge in [-0.25, -0.2) is 10.8 Å². The molecular formula is C68H96ClN11O2. The third kappa shape index (κ3) is 21.0. The summed E-state index contributed by atoms with van der Waals surface area (Å²) in [6, 6.07) is 29.2. The number of carbonyl (C=O) groups is 1. The van der Waals surface area contributed by atoms with Gasteiger partial charge in [0.2, 0.25) is 6.41 Å². The number of aromatic nitrogens is 1. The number of benzene rings is 4. The molecule has 5 aromatic rings. The lowest BCUT2D eigenvalue weighted by Crippen LogP contribution is -2.42. The minimum absolute atomic E-state index is 0.0438. The lowest BCUT2D eigenvalue weighted by Gasteiger charge is -2.37. The van der Waals surface area contributed by atoms with E-state index in [1.807, 2.05) is 45.2 Å². The standard InChI is InChI=1S/C56H78ClN11O2.C10H12.C2H6/c1-41-15-17-46(65-52-36-49(57)48(35-51(52)59-4)44-16-18-53-45(33-44)22-30-67(53)6)34-47(41)42(2)63-29-14-12-10-8-9-11-13-28-60-38-61-37-55(3)23-19-43(20-24-55)54(68(7)58)50(64-39-62-40-69)21-25-56(70)26-31-66(5)32-27-56;1-2-3-7-10-8-5-4-6-9-10;1-2/h15-20,22-23,30,33-36,39-40,60-61,63,65,70H,2,4,8-14,21,24-29,31-32,37-38,58H2,1,3,5-7H3,(H,62,64,69);2,4-6,8-9H,1,3,7H2;1-2H3/b54-50+;;. The van der Waals surface area contributed by atoms with Crippen LogP contribution in [0.2, 0.25) is 5.02 Å². The lowest BCUT2D eigenvalue weighted by molar-refractivity contribution is -0.108. The van der Waals surface area contributed by atoms with Crippen LogP contribution in [-0.4, -0.2) is 98.1 Å². The number of piperidine rings is 1. The van der Waals surface area contributed by atoms with Gasteiger partial charge in [0.1, 0.15) is 0 Å². The molecular weight excluding hydrogens is 1040 g/mol. The van der Waals surface area contributed by atoms with Crippen molar-refractivity contribution >= 4 is 64.7 Å². The maximum atomic E-state index is 11.3. The number of nitrogens with two attached hydrogens (primary N) is 1. The van der Waals surface area contributed by atoms with Gasteiger partial charge < -0.3 is 46.2 Å². The van der Waals surface area contributed by atoms with Crippen LogP contribution in [-0.2, 0) is 18.3 Å². The van der Waals surface area contributed by atoms with Crippen LogP contribution < -0.4 is 32.4 Å². The quantitative estimate of drug-likeness (QED) is 0.00335. The van der Waals surface area contributed by atoms with Crippen LogP contribution in [0.5, 0.6) is 0 Å². The molecule has 1 aliphatic carbocycles. The first-order valence-electron chi connectivity index (χ1n) is 29.6. The van der Waals surface area contributed by atoms with E-state index in [-0.39, 0.29) is 5.41 Å². The first-order valence-corrected chi connectivity index (χ1v) is 30.0. The van der Waals surface area contributed by atoms with Gasteiger partial charge in [0.15, 0.2) is 0 Å². The Hall–Kier alpha value is -6.58. The molecule has 13 nitrogen and oxygen atoms in total. The number of halogens is 1. The van der Waals surface area contributed by atoms with Crippen molar-refractivity contribution in [1.29, 1.82) is 0 Å². The third-order valence-corrected chi connectivity index (χ3v) is 15.7. The van der Waals surface area contributed by atoms with Gasteiger partial charge in [-0.05, 0) is 150 Å². The highest BCUT2D eigenvalue weighted by Crippen LogP contribution is 2.40. The summed E-state index contributed by atoms with van der Waals surface area (Å²) in [6.45, 7) is 25.5. The van der Waals surface area contributed by atoms with E-state index in [9.17, 15) is 9.90 Å². The number of allylic oxidation sites excluding steroid dienone is 4. The maximum absolute atomic E-state index is 11.3. The average molecular weight is 1140 g/mol. The van der Waals surface area contributed by atoms with Crippen molar-refractivity contribution in [3.05, 3.63) is 167 Å². The SMILES string of the molecule is C=CCCc1ccccc1.C=Nc1cc(-c2ccc3c(ccn3C)c2)c(Cl)cc1Nc1ccc(C)c(C(=C)NCCCCCCCCCNCNCC2(C)C=CC(/C(=C(/CCC3(O)CCN(C)CC3)N=CNC=O)N(C)N)=CC2)c1.CC. The molecule has 8 N–H and O–H groups in total. The molecule has 14 heteroatoms. The van der Waals surface area contributed by atoms with E-state index in [0.717, 1.165) is 152 Å². The molecule has 1 aliphatic heterocycles. The largest absolute Gasteiger partial charge is 0.390 e. The monoisotopic (exact) mass is 1130 g/mol. The Morgan fingerprint density at radius 1 is 0.927 bits per heavy atom. The highest BCUT2D eigenvalue weighted by molar-refractivity contribution is 6.34. The van der Waals surface area contributed by atoms with Gasteiger partial charge in [-0.15, -0.1) is 6.58 Å². The number of likely N-dealkylation sites (tertiary alicyclic amines) is 1. The number of nitrogens with one attached hydrogen (secondary N) is 5. The molecule has 1 aromatic heterocycles. The van der Waals surface area contributed by atoms with E-state index < -0.39 is 5.60 Å². The van der Waals surface area contributed by atoms with Gasteiger partial charge in [-0.2, -0.15) is 0 Å². The van der Waals surface area contributed by atoms with Crippen LogP contribution in [0.3, 0.4) is 0 Å². The Morgan fingerprint density at radius 3 is 2.32 bits per heavy atom. The molecule has 1 fully saturated rings. The summed E-state index contributed by atoms with van der Waals surface area (Å²) >= 11 is 6.89. The predicted molar refractivity (Wildman–Crippen MR) is 351 cm³/mol. The number of fused-ring (bicyclic) bond motifs is 1. The Morgan fingerprint density at radius 2 is 1.65 bits per heavy atom. The summed E-state index contributed by atoms with van der Waals surface area (Å²) in [6.07, 6.45) is 26.6. The van der Waals surface area contributed by atoms with Gasteiger partial charge in [0, 0.05) is 92.0 Å². The zero-order chi connectivity index (χ0) is 59.3. The van der Waals surface area contributed by atoms with E-state index in [1.165, 1.54) is 49.5 Å². The Labute approximate surface area is 496 Å². The number of anilines is 2. The van der Waals surface area contributed by atoms with Crippen molar-refractivity contribution in [3.63, 3.8) is 0 Å². The van der Waals surface area contributed by atoms with Crippen LogP contribution >= 0.6 is 11.6 Å². The number of unbranched alkanes of at least 4 members (excludes halogenated alkanes) is 6. The molecule has 1 amide bonds. The molecule has 2 heterocycles. The summed E-state index contributed by atoms with van der Waals surface area (Å²) in [5, 5.41) is 31.5. The Balaban J connectivity index is 0.000000918. The molecule has 0 saturated carbocycles. The summed E-state index contributed by atoms with van der Waals surface area (Å²) in [5.41, 5.74) is 11.9. The molecule has 7 rings (SSSR count). The fraction of sp³-hybridized carbons (Fsp3) is 0.426. The maximum Gasteiger partial charge on any atom is 0.212 e. The number of hydrogen-bond donors (Lipinski definition) is 7. The van der Waals surface area contributed by atoms with E-state index >= 15 is 0 Å². The molecule has 4 aromatic carbocycles. The van der Waals surface area contributed by atoms with Gasteiger partial charge in [0.05, 0.1) is 39.7 Å². The number of hydrazine groups is 1. The number of aliphatic hydroxyl groups is 1. The van der Waals surface area contributed by atoms with Crippen LogP contribution in [0.4, 0.5) is 17.1 Å². The van der Waals surface area contributed by atoms with Crippen LogP contribution in [0.25, 0.3) is 27.7 Å². The first kappa shape index (κ1) is 66.2. The van der Waals surface area contributed by atoms with Crippen LogP contribution in [0.15, 0.2) is 156 Å². The Kier molecular flexibility index (Phi) is 28.1. The number of rotatable bonds is 31. The summed E-state index contributed by atoms with van der Waals surface area (Å²) in [4.78, 5) is 22.2. The average Bonchev–Trinajstić information content (AvgIpc) is 4.04.